The number of morpholine rings is 1. The van der Waals surface area contributed by atoms with E-state index in [1.807, 2.05) is 31.2 Å². The summed E-state index contributed by atoms with van der Waals surface area (Å²) in [6, 6.07) is 7.93. The zero-order valence-electron chi connectivity index (χ0n) is 17.0. The SMILES string of the molecule is CCNC(=NCc1ccccc1CS(=O)(=O)N1CCOCC1)NC(C)CC.I. The highest BCUT2D eigenvalue weighted by molar-refractivity contribution is 14.0. The van der Waals surface area contributed by atoms with E-state index in [0.29, 0.717) is 38.9 Å². The summed E-state index contributed by atoms with van der Waals surface area (Å²) in [5, 5.41) is 6.59. The zero-order valence-corrected chi connectivity index (χ0v) is 20.1. The van der Waals surface area contributed by atoms with Gasteiger partial charge in [0.2, 0.25) is 10.0 Å². The van der Waals surface area contributed by atoms with Crippen molar-refractivity contribution in [2.24, 2.45) is 4.99 Å². The second-order valence-electron chi connectivity index (χ2n) is 6.69. The maximum Gasteiger partial charge on any atom is 0.218 e. The molecule has 1 saturated heterocycles. The van der Waals surface area contributed by atoms with Gasteiger partial charge in [-0.05, 0) is 31.4 Å². The first kappa shape index (κ1) is 25.1. The molecule has 160 valence electrons. The van der Waals surface area contributed by atoms with Gasteiger partial charge in [0.15, 0.2) is 5.96 Å². The van der Waals surface area contributed by atoms with Crippen molar-refractivity contribution in [2.75, 3.05) is 32.8 Å². The number of hydrogen-bond donors (Lipinski definition) is 2. The first-order chi connectivity index (χ1) is 13.0. The van der Waals surface area contributed by atoms with E-state index in [2.05, 4.69) is 29.5 Å². The largest absolute Gasteiger partial charge is 0.379 e. The molecule has 0 amide bonds. The molecule has 1 unspecified atom stereocenters. The molecule has 9 heteroatoms. The van der Waals surface area contributed by atoms with E-state index in [9.17, 15) is 8.42 Å². The summed E-state index contributed by atoms with van der Waals surface area (Å²) in [4.78, 5) is 4.64. The van der Waals surface area contributed by atoms with Gasteiger partial charge in [-0.3, -0.25) is 0 Å². The van der Waals surface area contributed by atoms with Crippen molar-refractivity contribution in [1.29, 1.82) is 0 Å². The maximum absolute atomic E-state index is 12.7. The Morgan fingerprint density at radius 2 is 1.86 bits per heavy atom. The lowest BCUT2D eigenvalue weighted by Gasteiger charge is -2.26. The third-order valence-electron chi connectivity index (χ3n) is 4.57. The summed E-state index contributed by atoms with van der Waals surface area (Å²) >= 11 is 0. The Hall–Kier alpha value is -0.910. The van der Waals surface area contributed by atoms with Gasteiger partial charge in [0.05, 0.1) is 25.5 Å². The van der Waals surface area contributed by atoms with Gasteiger partial charge in [0, 0.05) is 25.7 Å². The van der Waals surface area contributed by atoms with E-state index in [1.54, 1.807) is 0 Å². The molecular weight excluding hydrogens is 491 g/mol. The van der Waals surface area contributed by atoms with Gasteiger partial charge in [-0.25, -0.2) is 13.4 Å². The van der Waals surface area contributed by atoms with Crippen LogP contribution in [0.3, 0.4) is 0 Å². The average molecular weight is 524 g/mol. The molecule has 2 N–H and O–H groups in total. The molecule has 1 aliphatic heterocycles. The molecule has 0 radical (unpaired) electrons. The molecule has 1 atom stereocenters. The minimum absolute atomic E-state index is 0. The normalized spacial score (nSPS) is 16.9. The van der Waals surface area contributed by atoms with Crippen LogP contribution in [0, 0.1) is 0 Å². The molecule has 7 nitrogen and oxygen atoms in total. The minimum Gasteiger partial charge on any atom is -0.379 e. The summed E-state index contributed by atoms with van der Waals surface area (Å²) in [7, 11) is -3.36. The highest BCUT2D eigenvalue weighted by Crippen LogP contribution is 2.17. The summed E-state index contributed by atoms with van der Waals surface area (Å²) in [5.41, 5.74) is 1.72. The minimum atomic E-state index is -3.36. The number of ether oxygens (including phenoxy) is 1. The lowest BCUT2D eigenvalue weighted by Crippen LogP contribution is -2.42. The molecule has 0 saturated carbocycles. The van der Waals surface area contributed by atoms with Crippen LogP contribution in [-0.4, -0.2) is 57.6 Å². The van der Waals surface area contributed by atoms with Crippen LogP contribution in [0.15, 0.2) is 29.3 Å². The molecule has 2 rings (SSSR count). The molecule has 1 fully saturated rings. The number of sulfonamides is 1. The van der Waals surface area contributed by atoms with Crippen LogP contribution >= 0.6 is 24.0 Å². The average Bonchev–Trinajstić information content (AvgIpc) is 2.67. The maximum atomic E-state index is 12.7. The van der Waals surface area contributed by atoms with Crippen LogP contribution in [-0.2, 0) is 27.1 Å². The molecule has 1 aromatic rings. The van der Waals surface area contributed by atoms with Crippen molar-refractivity contribution in [1.82, 2.24) is 14.9 Å². The fraction of sp³-hybridized carbons (Fsp3) is 0.632. The Kier molecular flexibility index (Phi) is 11.3. The standard InChI is InChI=1S/C19H32N4O3S.HI/c1-4-16(3)22-19(20-5-2)21-14-17-8-6-7-9-18(17)15-27(24,25)23-10-12-26-13-11-23;/h6-9,16H,4-5,10-15H2,1-3H3,(H2,20,21,22);1H. The van der Waals surface area contributed by atoms with E-state index in [1.165, 1.54) is 4.31 Å². The highest BCUT2D eigenvalue weighted by Gasteiger charge is 2.25. The van der Waals surface area contributed by atoms with Gasteiger partial charge in [0.25, 0.3) is 0 Å². The third-order valence-corrected chi connectivity index (χ3v) is 6.39. The number of guanidine groups is 1. The first-order valence-electron chi connectivity index (χ1n) is 9.63. The van der Waals surface area contributed by atoms with Gasteiger partial charge >= 0.3 is 0 Å². The van der Waals surface area contributed by atoms with Crippen LogP contribution in [0.2, 0.25) is 0 Å². The van der Waals surface area contributed by atoms with E-state index in [0.717, 1.165) is 30.1 Å². The lowest BCUT2D eigenvalue weighted by atomic mass is 10.1. The summed E-state index contributed by atoms with van der Waals surface area (Å²) < 4.78 is 32.3. The fourth-order valence-electron chi connectivity index (χ4n) is 2.78. The van der Waals surface area contributed by atoms with Crippen molar-refractivity contribution in [3.63, 3.8) is 0 Å². The Labute approximate surface area is 186 Å². The van der Waals surface area contributed by atoms with E-state index >= 15 is 0 Å². The molecule has 0 aliphatic carbocycles. The molecule has 0 aromatic heterocycles. The zero-order chi connectivity index (χ0) is 19.7. The van der Waals surface area contributed by atoms with Crippen LogP contribution in [0.4, 0.5) is 0 Å². The van der Waals surface area contributed by atoms with Crippen LogP contribution in [0.1, 0.15) is 38.3 Å². The number of nitrogens with zero attached hydrogens (tertiary/aromatic N) is 2. The van der Waals surface area contributed by atoms with E-state index < -0.39 is 10.0 Å². The third kappa shape index (κ3) is 7.84. The van der Waals surface area contributed by atoms with Crippen molar-refractivity contribution in [3.8, 4) is 0 Å². The molecular formula is C19H33IN4O3S. The van der Waals surface area contributed by atoms with Crippen molar-refractivity contribution >= 4 is 40.0 Å². The predicted octanol–water partition coefficient (Wildman–Crippen LogP) is 2.32. The van der Waals surface area contributed by atoms with Crippen LogP contribution in [0.25, 0.3) is 0 Å². The van der Waals surface area contributed by atoms with Gasteiger partial charge in [-0.15, -0.1) is 24.0 Å². The Morgan fingerprint density at radius 1 is 1.21 bits per heavy atom. The summed E-state index contributed by atoms with van der Waals surface area (Å²) in [6.45, 7) is 9.21. The number of halogens is 1. The number of rotatable bonds is 8. The van der Waals surface area contributed by atoms with Crippen LogP contribution < -0.4 is 10.6 Å². The Bertz CT molecular complexity index is 722. The Morgan fingerprint density at radius 3 is 2.46 bits per heavy atom. The van der Waals surface area contributed by atoms with E-state index in [-0.39, 0.29) is 29.7 Å². The van der Waals surface area contributed by atoms with E-state index in [4.69, 9.17) is 4.74 Å². The number of aliphatic imine (C=N–C) groups is 1. The first-order valence-corrected chi connectivity index (χ1v) is 11.2. The molecule has 1 heterocycles. The fourth-order valence-corrected chi connectivity index (χ4v) is 4.35. The topological polar surface area (TPSA) is 83.0 Å². The summed E-state index contributed by atoms with van der Waals surface area (Å²) in [6.07, 6.45) is 0.999. The van der Waals surface area contributed by atoms with Gasteiger partial charge < -0.3 is 15.4 Å². The quantitative estimate of drug-likeness (QED) is 0.310. The van der Waals surface area contributed by atoms with Gasteiger partial charge in [-0.2, -0.15) is 4.31 Å². The van der Waals surface area contributed by atoms with Gasteiger partial charge in [0.1, 0.15) is 0 Å². The predicted molar refractivity (Wildman–Crippen MR) is 125 cm³/mol. The molecule has 0 bridgehead atoms. The monoisotopic (exact) mass is 524 g/mol. The molecule has 1 aliphatic rings. The van der Waals surface area contributed by atoms with Crippen molar-refractivity contribution in [3.05, 3.63) is 35.4 Å². The molecule has 28 heavy (non-hydrogen) atoms. The van der Waals surface area contributed by atoms with Crippen molar-refractivity contribution < 1.29 is 13.2 Å². The smallest absolute Gasteiger partial charge is 0.218 e. The number of benzene rings is 1. The highest BCUT2D eigenvalue weighted by atomic mass is 127. The lowest BCUT2D eigenvalue weighted by molar-refractivity contribution is 0.0729. The second kappa shape index (κ2) is 12.6. The number of hydrogen-bond acceptors (Lipinski definition) is 4. The van der Waals surface area contributed by atoms with Crippen molar-refractivity contribution in [2.45, 2.75) is 45.5 Å². The Balaban J connectivity index is 0.00000392. The molecule has 1 aromatic carbocycles. The van der Waals surface area contributed by atoms with Crippen LogP contribution in [0.5, 0.6) is 0 Å². The summed E-state index contributed by atoms with van der Waals surface area (Å²) in [5.74, 6) is 0.742. The second-order valence-corrected chi connectivity index (χ2v) is 8.65. The number of nitrogens with one attached hydrogen (secondary N) is 2. The molecule has 0 spiro atoms. The van der Waals surface area contributed by atoms with Gasteiger partial charge in [-0.1, -0.05) is 31.2 Å².